The number of para-hydroxylation sites is 9. The summed E-state index contributed by atoms with van der Waals surface area (Å²) in [7, 11) is 4.04. The summed E-state index contributed by atoms with van der Waals surface area (Å²) in [4.78, 5) is 41.3. The van der Waals surface area contributed by atoms with Gasteiger partial charge in [0, 0.05) is 100 Å². The largest absolute Gasteiger partial charge is 0.441 e. The predicted molar refractivity (Wildman–Crippen MR) is 428 cm³/mol. The quantitative estimate of drug-likeness (QED) is 0.145. The fraction of sp³-hybridized carbons (Fsp3) is 0.157. The van der Waals surface area contributed by atoms with Crippen LogP contribution in [0, 0.1) is 88.9 Å². The van der Waals surface area contributed by atoms with E-state index in [0.717, 1.165) is 89.4 Å². The number of hydrogen-bond acceptors (Lipinski definition) is 11. The van der Waals surface area contributed by atoms with E-state index in [1.165, 1.54) is 65.7 Å². The topological polar surface area (TPSA) is 153 Å². The summed E-state index contributed by atoms with van der Waals surface area (Å²) in [5, 5.41) is 8.21. The van der Waals surface area contributed by atoms with Gasteiger partial charge in [-0.1, -0.05) is 151 Å². The molecule has 0 unspecified atom stereocenters. The van der Waals surface area contributed by atoms with Crippen LogP contribution in [0.5, 0.6) is 0 Å². The normalized spacial score (nSPS) is 10.3. The van der Waals surface area contributed by atoms with Gasteiger partial charge in [-0.3, -0.25) is 29.9 Å². The summed E-state index contributed by atoms with van der Waals surface area (Å²) in [6.07, 6.45) is 7.39. The van der Waals surface area contributed by atoms with E-state index < -0.39 is 0 Å². The number of hydrogen-bond donors (Lipinski definition) is 1. The molecule has 1 N–H and O–H groups in total. The van der Waals surface area contributed by atoms with Crippen molar-refractivity contribution in [1.29, 1.82) is 0 Å². The SMILES string of the molecule is Cc1[nH]c2ccccc2[n+]1C.Cc1cc(C)c2ccccc2n1.Cc1cc(C)c2ccccc2n1.Cc1ccc2cccc(F)c2n1.Cc1ccc2ccccc2n1.Cc1ccccn1.Cc1nc2ccccc2o1.Cc1nc2ccccc2s1.Cc1nccc2ccccc12.Cc1nccc[n+]1C. The molecule has 0 bridgehead atoms. The van der Waals surface area contributed by atoms with Crippen LogP contribution in [0.4, 0.5) is 4.39 Å². The summed E-state index contributed by atoms with van der Waals surface area (Å²) in [5.41, 5.74) is 18.0. The van der Waals surface area contributed by atoms with Gasteiger partial charge in [0.1, 0.15) is 23.0 Å². The predicted octanol–water partition coefficient (Wildman–Crippen LogP) is 21.1. The van der Waals surface area contributed by atoms with Crippen molar-refractivity contribution in [1.82, 2.24) is 49.8 Å². The number of imidazole rings is 1. The molecule has 0 aliphatic heterocycles. The van der Waals surface area contributed by atoms with Crippen LogP contribution >= 0.6 is 11.3 Å². The van der Waals surface area contributed by atoms with Gasteiger partial charge in [0.2, 0.25) is 0 Å². The van der Waals surface area contributed by atoms with E-state index in [1.807, 2.05) is 244 Å². The van der Waals surface area contributed by atoms with E-state index >= 15 is 0 Å². The lowest BCUT2D eigenvalue weighted by atomic mass is 10.1. The van der Waals surface area contributed by atoms with Crippen LogP contribution in [0.25, 0.3) is 86.7 Å². The second-order valence-electron chi connectivity index (χ2n) is 24.7. The van der Waals surface area contributed by atoms with Crippen molar-refractivity contribution in [2.45, 2.75) is 83.1 Å². The average Bonchev–Trinajstić information content (AvgIpc) is 1.73. The van der Waals surface area contributed by atoms with Crippen molar-refractivity contribution in [2.24, 2.45) is 14.1 Å². The zero-order chi connectivity index (χ0) is 73.9. The molecule has 0 radical (unpaired) electrons. The molecule has 15 heteroatoms. The Hall–Kier alpha value is -12.2. The first-order valence-electron chi connectivity index (χ1n) is 34.3. The molecule has 0 amide bonds. The fourth-order valence-corrected chi connectivity index (χ4v) is 11.8. The second kappa shape index (κ2) is 38.0. The molecule has 522 valence electrons. The molecule has 18 rings (SSSR count). The molecule has 18 aromatic rings. The van der Waals surface area contributed by atoms with E-state index in [9.17, 15) is 4.39 Å². The average molecular weight is 1390 g/mol. The molecule has 0 spiro atoms. The highest BCUT2D eigenvalue weighted by Gasteiger charge is 2.09. The van der Waals surface area contributed by atoms with Gasteiger partial charge in [-0.15, -0.1) is 11.3 Å². The third-order valence-corrected chi connectivity index (χ3v) is 17.3. The Bertz CT molecular complexity index is 5500. The second-order valence-corrected chi connectivity index (χ2v) is 25.9. The van der Waals surface area contributed by atoms with Crippen LogP contribution in [0.3, 0.4) is 0 Å². The van der Waals surface area contributed by atoms with E-state index in [2.05, 4.69) is 167 Å². The Labute approximate surface area is 612 Å². The summed E-state index contributed by atoms with van der Waals surface area (Å²) in [5.74, 6) is 2.69. The molecule has 0 atom stereocenters. The maximum atomic E-state index is 13.1. The lowest BCUT2D eigenvalue weighted by molar-refractivity contribution is -0.681. The number of oxazole rings is 1. The van der Waals surface area contributed by atoms with Crippen LogP contribution in [0.2, 0.25) is 0 Å². The van der Waals surface area contributed by atoms with Gasteiger partial charge in [0.25, 0.3) is 11.6 Å². The third kappa shape index (κ3) is 22.4. The number of nitrogens with zero attached hydrogens (tertiary/aromatic N) is 11. The van der Waals surface area contributed by atoms with Gasteiger partial charge in [0.15, 0.2) is 22.5 Å². The fourth-order valence-electron chi connectivity index (χ4n) is 11.0. The number of aromatic nitrogens is 12. The summed E-state index contributed by atoms with van der Waals surface area (Å²) >= 11 is 1.74. The summed E-state index contributed by atoms with van der Waals surface area (Å²) < 4.78 is 23.8. The maximum absolute atomic E-state index is 13.1. The highest BCUT2D eigenvalue weighted by molar-refractivity contribution is 7.18. The van der Waals surface area contributed by atoms with Gasteiger partial charge in [-0.05, 0) is 182 Å². The summed E-state index contributed by atoms with van der Waals surface area (Å²) in [6.45, 7) is 24.1. The van der Waals surface area contributed by atoms with Gasteiger partial charge in [-0.25, -0.2) is 28.5 Å². The van der Waals surface area contributed by atoms with Gasteiger partial charge in [0.05, 0.1) is 52.1 Å². The molecule has 10 aromatic heterocycles. The Kier molecular flexibility index (Phi) is 27.8. The number of thiazole rings is 1. The number of H-pyrrole nitrogens is 1. The number of nitrogens with one attached hydrogen (secondary N) is 1. The molecule has 104 heavy (non-hydrogen) atoms. The van der Waals surface area contributed by atoms with Crippen molar-refractivity contribution in [2.75, 3.05) is 0 Å². The van der Waals surface area contributed by atoms with Crippen molar-refractivity contribution < 1.29 is 17.9 Å². The number of aromatic amines is 1. The van der Waals surface area contributed by atoms with E-state index in [-0.39, 0.29) is 5.82 Å². The molecule has 0 aliphatic carbocycles. The first-order chi connectivity index (χ1) is 50.3. The zero-order valence-corrected chi connectivity index (χ0v) is 62.5. The molecule has 0 fully saturated rings. The zero-order valence-electron chi connectivity index (χ0n) is 61.7. The maximum Gasteiger partial charge on any atom is 0.294 e. The standard InChI is InChI=1S/2C11H11N.C10H8FN.2C10H9N.C9H10N2.C8H7NO.C8H7NS.C6H9N2.C6H7N/c2*1-8-7-9(2)12-11-6-4-3-5-10(8)11;1-7-5-6-8-3-2-4-9(11)10(8)12-7;1-8-10-5-3-2-4-9(10)6-7-11-8;1-8-6-7-9-4-2-3-5-10(9)11-8;1-7-10-8-5-3-4-6-9(8)11(7)2;2*1-6-9-7-4-2-3-5-8(7)10-6;1-6-7-4-3-5-8(6)2;1-6-4-2-3-5-7-6/h2*3-7H,1-2H3;2-6H,1H3;2*2-7H,1H3;3-6H,1-2H3;2*2-5H,1H3;3-5H,1-2H3;2-5H,1H3/q;;;;;;;;+1;/p+1. The number of fused-ring (bicyclic) bond motifs is 8. The van der Waals surface area contributed by atoms with Crippen LogP contribution in [-0.2, 0) is 14.1 Å². The highest BCUT2D eigenvalue weighted by atomic mass is 32.1. The van der Waals surface area contributed by atoms with Gasteiger partial charge in [-0.2, -0.15) is 0 Å². The van der Waals surface area contributed by atoms with Crippen molar-refractivity contribution >= 4 is 98.1 Å². The Morgan fingerprint density at radius 3 is 1.52 bits per heavy atom. The Morgan fingerprint density at radius 2 is 0.923 bits per heavy atom. The number of halogens is 1. The third-order valence-electron chi connectivity index (χ3n) is 16.4. The van der Waals surface area contributed by atoms with Crippen molar-refractivity contribution in [3.8, 4) is 0 Å². The van der Waals surface area contributed by atoms with Crippen LogP contribution < -0.4 is 9.13 Å². The number of rotatable bonds is 0. The number of benzene rings is 8. The minimum Gasteiger partial charge on any atom is -0.441 e. The lowest BCUT2D eigenvalue weighted by Gasteiger charge is -2.01. The van der Waals surface area contributed by atoms with Crippen molar-refractivity contribution in [3.63, 3.8) is 0 Å². The first-order valence-corrected chi connectivity index (χ1v) is 35.1. The number of pyridine rings is 6. The Morgan fingerprint density at radius 1 is 0.385 bits per heavy atom. The molecular formula is C89H89FN12OS+2. The summed E-state index contributed by atoms with van der Waals surface area (Å²) in [6, 6.07) is 84.0. The smallest absolute Gasteiger partial charge is 0.294 e. The molecule has 0 saturated carbocycles. The Balaban J connectivity index is 0.000000134. The highest BCUT2D eigenvalue weighted by Crippen LogP contribution is 2.22. The molecule has 13 nitrogen and oxygen atoms in total. The molecule has 10 heterocycles. The monoisotopic (exact) mass is 1390 g/mol. The van der Waals surface area contributed by atoms with E-state index in [4.69, 9.17) is 4.42 Å². The van der Waals surface area contributed by atoms with Crippen molar-refractivity contribution in [3.05, 3.63) is 353 Å². The lowest BCUT2D eigenvalue weighted by Crippen LogP contribution is -2.31. The minimum atomic E-state index is -0.254. The van der Waals surface area contributed by atoms with Gasteiger partial charge >= 0.3 is 0 Å². The van der Waals surface area contributed by atoms with Crippen LogP contribution in [-0.4, -0.2) is 49.8 Å². The number of aryl methyl sites for hydroxylation is 14. The molecule has 0 saturated heterocycles. The molecule has 0 aliphatic rings. The first kappa shape index (κ1) is 76.0. The van der Waals surface area contributed by atoms with E-state index in [0.29, 0.717) is 5.52 Å². The molecular weight excluding hydrogens is 1300 g/mol. The van der Waals surface area contributed by atoms with E-state index in [1.54, 1.807) is 29.8 Å². The minimum absolute atomic E-state index is 0.254. The molecule has 8 aromatic carbocycles. The van der Waals surface area contributed by atoms with Crippen LogP contribution in [0.15, 0.2) is 284 Å². The van der Waals surface area contributed by atoms with Crippen LogP contribution in [0.1, 0.15) is 67.8 Å². The van der Waals surface area contributed by atoms with Gasteiger partial charge < -0.3 is 4.42 Å².